The fourth-order valence-corrected chi connectivity index (χ4v) is 4.41. The Morgan fingerprint density at radius 2 is 2.09 bits per heavy atom. The van der Waals surface area contributed by atoms with Crippen molar-refractivity contribution in [1.82, 2.24) is 9.80 Å². The van der Waals surface area contributed by atoms with Crippen LogP contribution in [0.2, 0.25) is 0 Å². The lowest BCUT2D eigenvalue weighted by Gasteiger charge is -2.52. The number of fused-ring (bicyclic) bond motifs is 2. The van der Waals surface area contributed by atoms with E-state index in [0.717, 1.165) is 25.8 Å². The molecule has 120 valence electrons. The van der Waals surface area contributed by atoms with Crippen LogP contribution in [0.5, 0.6) is 5.75 Å². The molecule has 22 heavy (non-hydrogen) atoms. The zero-order valence-electron chi connectivity index (χ0n) is 14.0. The van der Waals surface area contributed by atoms with Crippen LogP contribution >= 0.6 is 0 Å². The van der Waals surface area contributed by atoms with Crippen LogP contribution in [0.15, 0.2) is 18.2 Å². The molecule has 1 aromatic carbocycles. The van der Waals surface area contributed by atoms with E-state index >= 15 is 0 Å². The minimum absolute atomic E-state index is 0.0255. The molecule has 1 saturated heterocycles. The third-order valence-electron chi connectivity index (χ3n) is 5.55. The van der Waals surface area contributed by atoms with Crippen LogP contribution in [-0.4, -0.2) is 47.6 Å². The van der Waals surface area contributed by atoms with Crippen molar-refractivity contribution in [2.24, 2.45) is 5.92 Å². The number of hydrogen-bond donors (Lipinski definition) is 1. The van der Waals surface area contributed by atoms with Gasteiger partial charge in [0.2, 0.25) is 0 Å². The molecule has 3 rings (SSSR count). The Kier molecular flexibility index (Phi) is 3.58. The molecule has 4 nitrogen and oxygen atoms in total. The van der Waals surface area contributed by atoms with Gasteiger partial charge in [0, 0.05) is 26.7 Å². The van der Waals surface area contributed by atoms with E-state index < -0.39 is 0 Å². The van der Waals surface area contributed by atoms with Gasteiger partial charge in [-0.1, -0.05) is 19.9 Å². The number of amides is 2. The number of carbonyl (C=O) groups is 1. The Labute approximate surface area is 132 Å². The summed E-state index contributed by atoms with van der Waals surface area (Å²) in [7, 11) is 3.65. The van der Waals surface area contributed by atoms with Crippen molar-refractivity contribution in [2.45, 2.75) is 44.6 Å². The molecule has 0 radical (unpaired) electrons. The molecule has 2 aliphatic rings. The van der Waals surface area contributed by atoms with E-state index in [-0.39, 0.29) is 17.5 Å². The van der Waals surface area contributed by atoms with Crippen molar-refractivity contribution >= 4 is 6.03 Å². The Balaban J connectivity index is 2.02. The standard InChI is InChI=1S/C18H26N2O2/c1-18(2)14-6-5-9-20(17(22)19(3)4)16(14)10-12-7-8-13(21)11-15(12)18/h7-8,11,14,16,21H,5-6,9-10H2,1-4H3. The maximum Gasteiger partial charge on any atom is 0.319 e. The van der Waals surface area contributed by atoms with Crippen LogP contribution in [0.3, 0.4) is 0 Å². The molecular formula is C18H26N2O2. The van der Waals surface area contributed by atoms with Gasteiger partial charge >= 0.3 is 6.03 Å². The molecule has 4 heteroatoms. The van der Waals surface area contributed by atoms with Crippen LogP contribution < -0.4 is 0 Å². The normalized spacial score (nSPS) is 26.1. The maximum atomic E-state index is 12.5. The first kappa shape index (κ1) is 15.2. The molecule has 1 aromatic rings. The maximum absolute atomic E-state index is 12.5. The number of urea groups is 1. The fraction of sp³-hybridized carbons (Fsp3) is 0.611. The average Bonchev–Trinajstić information content (AvgIpc) is 2.47. The highest BCUT2D eigenvalue weighted by molar-refractivity contribution is 5.74. The molecule has 2 amide bonds. The Bertz CT molecular complexity index is 595. The fourth-order valence-electron chi connectivity index (χ4n) is 4.41. The monoisotopic (exact) mass is 302 g/mol. The van der Waals surface area contributed by atoms with E-state index in [9.17, 15) is 9.90 Å². The van der Waals surface area contributed by atoms with Gasteiger partial charge in [0.25, 0.3) is 0 Å². The summed E-state index contributed by atoms with van der Waals surface area (Å²) in [6.07, 6.45) is 3.09. The summed E-state index contributed by atoms with van der Waals surface area (Å²) in [5.41, 5.74) is 2.48. The second kappa shape index (κ2) is 5.18. The number of carbonyl (C=O) groups excluding carboxylic acids is 1. The summed E-state index contributed by atoms with van der Waals surface area (Å²) < 4.78 is 0. The van der Waals surface area contributed by atoms with Gasteiger partial charge in [-0.15, -0.1) is 0 Å². The zero-order valence-corrected chi connectivity index (χ0v) is 14.0. The molecule has 0 aromatic heterocycles. The number of phenolic OH excluding ortho intramolecular Hbond substituents is 1. The Morgan fingerprint density at radius 1 is 1.36 bits per heavy atom. The highest BCUT2D eigenvalue weighted by atomic mass is 16.3. The Hall–Kier alpha value is -1.71. The number of phenols is 1. The second-order valence-electron chi connectivity index (χ2n) is 7.45. The van der Waals surface area contributed by atoms with Crippen molar-refractivity contribution in [3.05, 3.63) is 29.3 Å². The van der Waals surface area contributed by atoms with Gasteiger partial charge in [-0.05, 0) is 53.9 Å². The zero-order chi connectivity index (χ0) is 16.1. The van der Waals surface area contributed by atoms with Gasteiger partial charge in [0.1, 0.15) is 5.75 Å². The molecule has 2 atom stereocenters. The number of hydrogen-bond acceptors (Lipinski definition) is 2. The number of aromatic hydroxyl groups is 1. The number of nitrogens with zero attached hydrogens (tertiary/aromatic N) is 2. The number of likely N-dealkylation sites (tertiary alicyclic amines) is 1. The van der Waals surface area contributed by atoms with E-state index in [1.807, 2.05) is 26.2 Å². The number of piperidine rings is 1. The highest BCUT2D eigenvalue weighted by Gasteiger charge is 2.47. The van der Waals surface area contributed by atoms with E-state index in [2.05, 4.69) is 18.7 Å². The van der Waals surface area contributed by atoms with Crippen LogP contribution in [0, 0.1) is 5.92 Å². The molecule has 1 heterocycles. The quantitative estimate of drug-likeness (QED) is 0.800. The van der Waals surface area contributed by atoms with Crippen LogP contribution in [0.4, 0.5) is 4.79 Å². The molecular weight excluding hydrogens is 276 g/mol. The molecule has 1 fully saturated rings. The van der Waals surface area contributed by atoms with Crippen molar-refractivity contribution in [2.75, 3.05) is 20.6 Å². The van der Waals surface area contributed by atoms with E-state index in [0.29, 0.717) is 11.7 Å². The van der Waals surface area contributed by atoms with Crippen LogP contribution in [0.25, 0.3) is 0 Å². The smallest absolute Gasteiger partial charge is 0.319 e. The van der Waals surface area contributed by atoms with Gasteiger partial charge < -0.3 is 14.9 Å². The third-order valence-corrected chi connectivity index (χ3v) is 5.55. The number of rotatable bonds is 0. The van der Waals surface area contributed by atoms with Crippen molar-refractivity contribution in [3.8, 4) is 5.75 Å². The second-order valence-corrected chi connectivity index (χ2v) is 7.45. The van der Waals surface area contributed by atoms with Gasteiger partial charge in [-0.25, -0.2) is 4.79 Å². The lowest BCUT2D eigenvalue weighted by atomic mass is 9.60. The highest BCUT2D eigenvalue weighted by Crippen LogP contribution is 2.47. The molecule has 2 unspecified atom stereocenters. The van der Waals surface area contributed by atoms with Gasteiger partial charge in [-0.3, -0.25) is 0 Å². The molecule has 1 aliphatic carbocycles. The first-order valence-corrected chi connectivity index (χ1v) is 8.12. The molecule has 0 saturated carbocycles. The lowest BCUT2D eigenvalue weighted by molar-refractivity contribution is 0.0567. The van der Waals surface area contributed by atoms with Gasteiger partial charge in [0.05, 0.1) is 0 Å². The molecule has 0 spiro atoms. The van der Waals surface area contributed by atoms with Crippen molar-refractivity contribution < 1.29 is 9.90 Å². The van der Waals surface area contributed by atoms with Crippen molar-refractivity contribution in [1.29, 1.82) is 0 Å². The minimum atomic E-state index is -0.0255. The predicted molar refractivity (Wildman–Crippen MR) is 87.1 cm³/mol. The summed E-state index contributed by atoms with van der Waals surface area (Å²) in [5, 5.41) is 9.86. The summed E-state index contributed by atoms with van der Waals surface area (Å²) in [6, 6.07) is 6.08. The lowest BCUT2D eigenvalue weighted by Crippen LogP contribution is -2.58. The van der Waals surface area contributed by atoms with E-state index in [4.69, 9.17) is 0 Å². The third kappa shape index (κ3) is 2.25. The van der Waals surface area contributed by atoms with E-state index in [1.54, 1.807) is 11.0 Å². The SMILES string of the molecule is CN(C)C(=O)N1CCCC2C1Cc1ccc(O)cc1C2(C)C. The first-order chi connectivity index (χ1) is 10.3. The minimum Gasteiger partial charge on any atom is -0.508 e. The summed E-state index contributed by atoms with van der Waals surface area (Å²) in [5.74, 6) is 0.779. The predicted octanol–water partition coefficient (Wildman–Crippen LogP) is 2.99. The van der Waals surface area contributed by atoms with Crippen LogP contribution in [-0.2, 0) is 11.8 Å². The van der Waals surface area contributed by atoms with E-state index in [1.165, 1.54) is 11.1 Å². The summed E-state index contributed by atoms with van der Waals surface area (Å²) in [4.78, 5) is 16.3. The molecule has 1 aliphatic heterocycles. The molecule has 1 N–H and O–H groups in total. The van der Waals surface area contributed by atoms with Crippen LogP contribution in [0.1, 0.15) is 37.8 Å². The Morgan fingerprint density at radius 3 is 2.77 bits per heavy atom. The largest absolute Gasteiger partial charge is 0.508 e. The molecule has 0 bridgehead atoms. The van der Waals surface area contributed by atoms with Gasteiger partial charge in [-0.2, -0.15) is 0 Å². The first-order valence-electron chi connectivity index (χ1n) is 8.12. The summed E-state index contributed by atoms with van der Waals surface area (Å²) in [6.45, 7) is 5.36. The summed E-state index contributed by atoms with van der Waals surface area (Å²) >= 11 is 0. The average molecular weight is 302 g/mol. The van der Waals surface area contributed by atoms with Gasteiger partial charge in [0.15, 0.2) is 0 Å². The van der Waals surface area contributed by atoms with Crippen molar-refractivity contribution in [3.63, 3.8) is 0 Å². The number of benzene rings is 1. The topological polar surface area (TPSA) is 43.8 Å².